The summed E-state index contributed by atoms with van der Waals surface area (Å²) in [4.78, 5) is 3.85. The molecular formula is C9H15ClN2O3S2. The molecule has 0 aliphatic heterocycles. The fourth-order valence-electron chi connectivity index (χ4n) is 1.23. The van der Waals surface area contributed by atoms with Gasteiger partial charge in [0.2, 0.25) is 0 Å². The predicted molar refractivity (Wildman–Crippen MR) is 68.0 cm³/mol. The van der Waals surface area contributed by atoms with Gasteiger partial charge in [0.15, 0.2) is 8.68 Å². The summed E-state index contributed by atoms with van der Waals surface area (Å²) in [6, 6.07) is 0. The van der Waals surface area contributed by atoms with Crippen molar-refractivity contribution in [2.24, 2.45) is 0 Å². The summed E-state index contributed by atoms with van der Waals surface area (Å²) in [5.74, 6) is 0. The van der Waals surface area contributed by atoms with E-state index < -0.39 is 16.1 Å². The Hall–Kier alpha value is -0.210. The number of hydrogen-bond donors (Lipinski definition) is 2. The van der Waals surface area contributed by atoms with Crippen LogP contribution in [-0.2, 0) is 10.0 Å². The maximum absolute atomic E-state index is 11.9. The number of halogens is 1. The van der Waals surface area contributed by atoms with E-state index in [1.54, 1.807) is 6.92 Å². The second-order valence-electron chi connectivity index (χ2n) is 3.59. The number of aromatic nitrogens is 1. The number of thiazole rings is 1. The van der Waals surface area contributed by atoms with Crippen molar-refractivity contribution in [2.75, 3.05) is 6.54 Å². The predicted octanol–water partition coefficient (Wildman–Crippen LogP) is 1.54. The molecule has 0 fully saturated rings. The minimum Gasteiger partial charge on any atom is -0.393 e. The number of aryl methyl sites for hydroxylation is 1. The first-order valence-corrected chi connectivity index (χ1v) is 7.85. The number of nitrogens with one attached hydrogen (secondary N) is 1. The zero-order valence-corrected chi connectivity index (χ0v) is 12.0. The second-order valence-corrected chi connectivity index (χ2v) is 7.13. The monoisotopic (exact) mass is 298 g/mol. The van der Waals surface area contributed by atoms with Gasteiger partial charge in [0.25, 0.3) is 10.0 Å². The van der Waals surface area contributed by atoms with E-state index in [0.29, 0.717) is 18.5 Å². The highest BCUT2D eigenvalue weighted by atomic mass is 35.5. The largest absolute Gasteiger partial charge is 0.393 e. The van der Waals surface area contributed by atoms with Gasteiger partial charge < -0.3 is 5.11 Å². The molecule has 98 valence electrons. The van der Waals surface area contributed by atoms with Crippen LogP contribution in [-0.4, -0.2) is 31.2 Å². The number of nitrogens with zero attached hydrogens (tertiary/aromatic N) is 1. The molecule has 0 aromatic carbocycles. The first kappa shape index (κ1) is 14.8. The van der Waals surface area contributed by atoms with E-state index in [1.807, 2.05) is 6.92 Å². The molecule has 1 rings (SSSR count). The van der Waals surface area contributed by atoms with Crippen LogP contribution < -0.4 is 4.72 Å². The molecule has 17 heavy (non-hydrogen) atoms. The number of aliphatic hydroxyl groups is 1. The third kappa shape index (κ3) is 4.18. The van der Waals surface area contributed by atoms with Crippen molar-refractivity contribution in [1.29, 1.82) is 0 Å². The number of rotatable bonds is 6. The van der Waals surface area contributed by atoms with Gasteiger partial charge in [-0.2, -0.15) is 0 Å². The van der Waals surface area contributed by atoms with Crippen LogP contribution in [0, 0.1) is 6.92 Å². The normalized spacial score (nSPS) is 13.9. The molecule has 0 amide bonds. The van der Waals surface area contributed by atoms with Crippen molar-refractivity contribution >= 4 is 33.0 Å². The Labute approximate surface area is 110 Å². The standard InChI is InChI=1S/C9H15ClN2O3S2/c1-3-7(13)4-5-11-17(14,15)8-6(2)12-9(10)16-8/h7,11,13H,3-5H2,1-2H3. The van der Waals surface area contributed by atoms with Crippen molar-refractivity contribution in [3.63, 3.8) is 0 Å². The Bertz CT molecular complexity index is 473. The van der Waals surface area contributed by atoms with Crippen LogP contribution in [0.15, 0.2) is 4.21 Å². The number of sulfonamides is 1. The average Bonchev–Trinajstić information content (AvgIpc) is 2.58. The molecule has 1 aromatic heterocycles. The van der Waals surface area contributed by atoms with Crippen LogP contribution in [0.3, 0.4) is 0 Å². The quantitative estimate of drug-likeness (QED) is 0.835. The molecule has 5 nitrogen and oxygen atoms in total. The Kier molecular flexibility index (Phi) is 5.33. The molecule has 0 spiro atoms. The summed E-state index contributed by atoms with van der Waals surface area (Å²) in [7, 11) is -3.56. The summed E-state index contributed by atoms with van der Waals surface area (Å²) in [5.41, 5.74) is 0.392. The lowest BCUT2D eigenvalue weighted by atomic mass is 10.2. The molecule has 2 N–H and O–H groups in total. The van der Waals surface area contributed by atoms with E-state index in [4.69, 9.17) is 11.6 Å². The Morgan fingerprint density at radius 2 is 2.24 bits per heavy atom. The van der Waals surface area contributed by atoms with Crippen molar-refractivity contribution in [2.45, 2.75) is 37.0 Å². The van der Waals surface area contributed by atoms with Gasteiger partial charge >= 0.3 is 0 Å². The number of hydrogen-bond acceptors (Lipinski definition) is 5. The van der Waals surface area contributed by atoms with Crippen molar-refractivity contribution in [3.8, 4) is 0 Å². The second kappa shape index (κ2) is 6.10. The van der Waals surface area contributed by atoms with Gasteiger partial charge in [0.1, 0.15) is 0 Å². The molecule has 0 radical (unpaired) electrons. The van der Waals surface area contributed by atoms with Gasteiger partial charge in [-0.15, -0.1) is 0 Å². The van der Waals surface area contributed by atoms with E-state index in [-0.39, 0.29) is 15.2 Å². The maximum atomic E-state index is 11.9. The average molecular weight is 299 g/mol. The highest BCUT2D eigenvalue weighted by molar-refractivity contribution is 7.91. The molecule has 1 aromatic rings. The van der Waals surface area contributed by atoms with E-state index in [0.717, 1.165) is 11.3 Å². The van der Waals surface area contributed by atoms with Gasteiger partial charge in [-0.1, -0.05) is 29.9 Å². The lowest BCUT2D eigenvalue weighted by Crippen LogP contribution is -2.27. The summed E-state index contributed by atoms with van der Waals surface area (Å²) in [5, 5.41) is 9.32. The molecule has 0 aliphatic carbocycles. The molecule has 0 aliphatic rings. The van der Waals surface area contributed by atoms with Gasteiger partial charge in [0, 0.05) is 6.54 Å². The highest BCUT2D eigenvalue weighted by Crippen LogP contribution is 2.26. The maximum Gasteiger partial charge on any atom is 0.251 e. The molecule has 0 saturated carbocycles. The summed E-state index contributed by atoms with van der Waals surface area (Å²) in [6.45, 7) is 3.64. The van der Waals surface area contributed by atoms with Gasteiger partial charge in [0.05, 0.1) is 11.8 Å². The van der Waals surface area contributed by atoms with E-state index in [9.17, 15) is 13.5 Å². The Morgan fingerprint density at radius 1 is 1.59 bits per heavy atom. The molecular weight excluding hydrogens is 284 g/mol. The Balaban J connectivity index is 2.66. The van der Waals surface area contributed by atoms with E-state index >= 15 is 0 Å². The van der Waals surface area contributed by atoms with Gasteiger partial charge in [-0.05, 0) is 19.8 Å². The first-order chi connectivity index (χ1) is 7.86. The summed E-state index contributed by atoms with van der Waals surface area (Å²) < 4.78 is 26.5. The zero-order valence-electron chi connectivity index (χ0n) is 9.60. The summed E-state index contributed by atoms with van der Waals surface area (Å²) in [6.07, 6.45) is 0.512. The van der Waals surface area contributed by atoms with Crippen LogP contribution in [0.4, 0.5) is 0 Å². The molecule has 1 unspecified atom stereocenters. The SMILES string of the molecule is CCC(O)CCNS(=O)(=O)c1sc(Cl)nc1C. The third-order valence-corrected chi connectivity index (χ3v) is 5.55. The van der Waals surface area contributed by atoms with Crippen molar-refractivity contribution in [1.82, 2.24) is 9.71 Å². The topological polar surface area (TPSA) is 79.3 Å². The molecule has 0 bridgehead atoms. The zero-order chi connectivity index (χ0) is 13.1. The molecule has 8 heteroatoms. The molecule has 0 saturated heterocycles. The highest BCUT2D eigenvalue weighted by Gasteiger charge is 2.21. The van der Waals surface area contributed by atoms with Crippen LogP contribution in [0.1, 0.15) is 25.5 Å². The van der Waals surface area contributed by atoms with Gasteiger partial charge in [-0.25, -0.2) is 18.1 Å². The van der Waals surface area contributed by atoms with Crippen LogP contribution in [0.5, 0.6) is 0 Å². The molecule has 1 atom stereocenters. The minimum absolute atomic E-state index is 0.133. The third-order valence-electron chi connectivity index (χ3n) is 2.21. The lowest BCUT2D eigenvalue weighted by Gasteiger charge is -2.08. The van der Waals surface area contributed by atoms with Crippen LogP contribution >= 0.6 is 22.9 Å². The minimum atomic E-state index is -3.56. The smallest absolute Gasteiger partial charge is 0.251 e. The van der Waals surface area contributed by atoms with Crippen molar-refractivity contribution < 1.29 is 13.5 Å². The van der Waals surface area contributed by atoms with Crippen LogP contribution in [0.25, 0.3) is 0 Å². The van der Waals surface area contributed by atoms with E-state index in [1.165, 1.54) is 0 Å². The van der Waals surface area contributed by atoms with Crippen LogP contribution in [0.2, 0.25) is 4.47 Å². The van der Waals surface area contributed by atoms with E-state index in [2.05, 4.69) is 9.71 Å². The Morgan fingerprint density at radius 3 is 2.71 bits per heavy atom. The fraction of sp³-hybridized carbons (Fsp3) is 0.667. The first-order valence-electron chi connectivity index (χ1n) is 5.17. The fourth-order valence-corrected chi connectivity index (χ4v) is 4.06. The lowest BCUT2D eigenvalue weighted by molar-refractivity contribution is 0.162. The number of aliphatic hydroxyl groups excluding tert-OH is 1. The molecule has 1 heterocycles. The van der Waals surface area contributed by atoms with Gasteiger partial charge in [-0.3, -0.25) is 0 Å². The van der Waals surface area contributed by atoms with Crippen molar-refractivity contribution in [3.05, 3.63) is 10.2 Å². The summed E-state index contributed by atoms with van der Waals surface area (Å²) >= 11 is 6.58.